The van der Waals surface area contributed by atoms with Gasteiger partial charge in [0, 0.05) is 0 Å². The number of furan rings is 1. The molecule has 1 aromatic carbocycles. The largest absolute Gasteiger partial charge is 0.497 e. The lowest BCUT2D eigenvalue weighted by atomic mass is 10.3. The smallest absolute Gasteiger partial charge is 0.272 e. The second-order valence-corrected chi connectivity index (χ2v) is 5.52. The third kappa shape index (κ3) is 5.46. The fourth-order valence-corrected chi connectivity index (χ4v) is 2.24. The molecule has 2 aromatic heterocycles. The third-order valence-electron chi connectivity index (χ3n) is 3.64. The van der Waals surface area contributed by atoms with E-state index in [1.807, 2.05) is 24.3 Å². The molecule has 0 aliphatic carbocycles. The lowest BCUT2D eigenvalue weighted by molar-refractivity contribution is 0.0942. The molecular formula is C19H20N4O4. The van der Waals surface area contributed by atoms with Crippen LogP contribution < -0.4 is 20.1 Å². The summed E-state index contributed by atoms with van der Waals surface area (Å²) in [6.45, 7) is 1.31. The van der Waals surface area contributed by atoms with E-state index < -0.39 is 0 Å². The zero-order valence-corrected chi connectivity index (χ0v) is 14.8. The number of ether oxygens (including phenoxy) is 2. The molecular weight excluding hydrogens is 348 g/mol. The summed E-state index contributed by atoms with van der Waals surface area (Å²) in [5.74, 6) is 2.46. The maximum Gasteiger partial charge on any atom is 0.272 e. The number of anilines is 1. The number of hydrogen-bond acceptors (Lipinski definition) is 7. The molecule has 0 aliphatic heterocycles. The summed E-state index contributed by atoms with van der Waals surface area (Å²) >= 11 is 0. The minimum Gasteiger partial charge on any atom is -0.497 e. The average molecular weight is 368 g/mol. The summed E-state index contributed by atoms with van der Waals surface area (Å²) in [5, 5.41) is 13.7. The van der Waals surface area contributed by atoms with Crippen LogP contribution in [0.2, 0.25) is 0 Å². The standard InChI is InChI=1S/C19H20N4O4/c1-25-14-4-6-15(7-5-14)27-12-10-20-18-9-8-17(22-23-18)19(24)21-13-16-3-2-11-26-16/h2-9,11H,10,12-13H2,1H3,(H,20,23)(H,21,24). The Morgan fingerprint density at radius 2 is 1.89 bits per heavy atom. The summed E-state index contributed by atoms with van der Waals surface area (Å²) in [7, 11) is 1.62. The van der Waals surface area contributed by atoms with Crippen LogP contribution in [0, 0.1) is 0 Å². The van der Waals surface area contributed by atoms with Crippen LogP contribution in [-0.4, -0.2) is 36.4 Å². The second kappa shape index (κ2) is 9.23. The Balaban J connectivity index is 1.39. The van der Waals surface area contributed by atoms with E-state index in [-0.39, 0.29) is 11.6 Å². The van der Waals surface area contributed by atoms with E-state index in [2.05, 4.69) is 20.8 Å². The highest BCUT2D eigenvalue weighted by Crippen LogP contribution is 2.16. The number of benzene rings is 1. The van der Waals surface area contributed by atoms with Gasteiger partial charge in [-0.15, -0.1) is 10.2 Å². The van der Waals surface area contributed by atoms with Gasteiger partial charge in [-0.1, -0.05) is 0 Å². The van der Waals surface area contributed by atoms with Crippen molar-refractivity contribution in [1.82, 2.24) is 15.5 Å². The van der Waals surface area contributed by atoms with Gasteiger partial charge >= 0.3 is 0 Å². The van der Waals surface area contributed by atoms with Crippen LogP contribution >= 0.6 is 0 Å². The number of hydrogen-bond donors (Lipinski definition) is 2. The molecule has 0 atom stereocenters. The monoisotopic (exact) mass is 368 g/mol. The summed E-state index contributed by atoms with van der Waals surface area (Å²) < 4.78 is 15.9. The number of rotatable bonds is 9. The molecule has 140 valence electrons. The topological polar surface area (TPSA) is 98.5 Å². The van der Waals surface area contributed by atoms with Crippen molar-refractivity contribution in [2.24, 2.45) is 0 Å². The van der Waals surface area contributed by atoms with Gasteiger partial charge in [-0.3, -0.25) is 4.79 Å². The van der Waals surface area contributed by atoms with Gasteiger partial charge in [-0.2, -0.15) is 0 Å². The SMILES string of the molecule is COc1ccc(OCCNc2ccc(C(=O)NCc3ccco3)nn2)cc1. The Morgan fingerprint density at radius 3 is 2.56 bits per heavy atom. The summed E-state index contributed by atoms with van der Waals surface area (Å²) in [5.41, 5.74) is 0.238. The van der Waals surface area contributed by atoms with Crippen LogP contribution in [0.5, 0.6) is 11.5 Å². The predicted octanol–water partition coefficient (Wildman–Crippen LogP) is 2.50. The molecule has 0 spiro atoms. The highest BCUT2D eigenvalue weighted by molar-refractivity contribution is 5.92. The van der Waals surface area contributed by atoms with Crippen LogP contribution in [0.1, 0.15) is 16.2 Å². The minimum absolute atomic E-state index is 0.238. The van der Waals surface area contributed by atoms with Crippen LogP contribution in [0.25, 0.3) is 0 Å². The molecule has 0 unspecified atom stereocenters. The number of methoxy groups -OCH3 is 1. The third-order valence-corrected chi connectivity index (χ3v) is 3.64. The quantitative estimate of drug-likeness (QED) is 0.560. The fraction of sp³-hybridized carbons (Fsp3) is 0.211. The zero-order valence-electron chi connectivity index (χ0n) is 14.8. The molecule has 2 N–H and O–H groups in total. The van der Waals surface area contributed by atoms with E-state index in [4.69, 9.17) is 13.9 Å². The highest BCUT2D eigenvalue weighted by atomic mass is 16.5. The molecule has 27 heavy (non-hydrogen) atoms. The van der Waals surface area contributed by atoms with E-state index in [1.165, 1.54) is 0 Å². The molecule has 0 fully saturated rings. The van der Waals surface area contributed by atoms with E-state index in [0.29, 0.717) is 31.3 Å². The van der Waals surface area contributed by atoms with Crippen molar-refractivity contribution in [1.29, 1.82) is 0 Å². The lowest BCUT2D eigenvalue weighted by Gasteiger charge is -2.08. The van der Waals surface area contributed by atoms with Crippen LogP contribution in [0.4, 0.5) is 5.82 Å². The zero-order chi connectivity index (χ0) is 18.9. The molecule has 8 nitrogen and oxygen atoms in total. The molecule has 3 rings (SSSR count). The maximum atomic E-state index is 12.0. The molecule has 0 saturated carbocycles. The van der Waals surface area contributed by atoms with Gasteiger partial charge in [0.15, 0.2) is 5.69 Å². The lowest BCUT2D eigenvalue weighted by Crippen LogP contribution is -2.24. The molecule has 0 bridgehead atoms. The number of nitrogens with one attached hydrogen (secondary N) is 2. The Bertz CT molecular complexity index is 833. The average Bonchev–Trinajstić information content (AvgIpc) is 3.24. The first-order valence-corrected chi connectivity index (χ1v) is 8.39. The molecule has 3 aromatic rings. The molecule has 0 saturated heterocycles. The van der Waals surface area contributed by atoms with E-state index in [0.717, 1.165) is 11.5 Å². The van der Waals surface area contributed by atoms with Crippen molar-refractivity contribution in [2.75, 3.05) is 25.6 Å². The minimum atomic E-state index is -0.312. The van der Waals surface area contributed by atoms with E-state index in [9.17, 15) is 4.79 Å². The van der Waals surface area contributed by atoms with Gasteiger partial charge < -0.3 is 24.5 Å². The van der Waals surface area contributed by atoms with Crippen molar-refractivity contribution in [3.05, 3.63) is 66.2 Å². The number of carbonyl (C=O) groups is 1. The fourth-order valence-electron chi connectivity index (χ4n) is 2.24. The Morgan fingerprint density at radius 1 is 1.07 bits per heavy atom. The molecule has 1 amide bonds. The number of amides is 1. The van der Waals surface area contributed by atoms with Crippen molar-refractivity contribution in [2.45, 2.75) is 6.54 Å². The van der Waals surface area contributed by atoms with Crippen LogP contribution in [0.15, 0.2) is 59.2 Å². The van der Waals surface area contributed by atoms with E-state index >= 15 is 0 Å². The van der Waals surface area contributed by atoms with Gasteiger partial charge in [0.25, 0.3) is 5.91 Å². The van der Waals surface area contributed by atoms with Crippen LogP contribution in [0.3, 0.4) is 0 Å². The maximum absolute atomic E-state index is 12.0. The van der Waals surface area contributed by atoms with Gasteiger partial charge in [-0.05, 0) is 48.5 Å². The van der Waals surface area contributed by atoms with Crippen molar-refractivity contribution < 1.29 is 18.7 Å². The Hall–Kier alpha value is -3.55. The predicted molar refractivity (Wildman–Crippen MR) is 98.9 cm³/mol. The summed E-state index contributed by atoms with van der Waals surface area (Å²) in [6.07, 6.45) is 1.56. The number of nitrogens with zero attached hydrogens (tertiary/aromatic N) is 2. The first-order chi connectivity index (χ1) is 13.2. The first kappa shape index (κ1) is 18.2. The second-order valence-electron chi connectivity index (χ2n) is 5.52. The van der Waals surface area contributed by atoms with Crippen LogP contribution in [-0.2, 0) is 6.54 Å². The van der Waals surface area contributed by atoms with Gasteiger partial charge in [-0.25, -0.2) is 0 Å². The molecule has 8 heteroatoms. The van der Waals surface area contributed by atoms with Gasteiger partial charge in [0.05, 0.1) is 26.5 Å². The highest BCUT2D eigenvalue weighted by Gasteiger charge is 2.08. The summed E-state index contributed by atoms with van der Waals surface area (Å²) in [6, 6.07) is 14.2. The Kier molecular flexibility index (Phi) is 6.24. The van der Waals surface area contributed by atoms with Crippen molar-refractivity contribution in [3.63, 3.8) is 0 Å². The normalized spacial score (nSPS) is 10.3. The number of aromatic nitrogens is 2. The summed E-state index contributed by atoms with van der Waals surface area (Å²) in [4.78, 5) is 12.0. The molecule has 0 radical (unpaired) electrons. The first-order valence-electron chi connectivity index (χ1n) is 8.39. The van der Waals surface area contributed by atoms with Gasteiger partial charge in [0.2, 0.25) is 0 Å². The molecule has 0 aliphatic rings. The van der Waals surface area contributed by atoms with E-state index in [1.54, 1.807) is 37.6 Å². The Labute approximate surface area is 156 Å². The molecule has 2 heterocycles. The van der Waals surface area contributed by atoms with Crippen molar-refractivity contribution >= 4 is 11.7 Å². The van der Waals surface area contributed by atoms with Gasteiger partial charge in [0.1, 0.15) is 29.7 Å². The van der Waals surface area contributed by atoms with Crippen molar-refractivity contribution in [3.8, 4) is 11.5 Å². The number of carbonyl (C=O) groups excluding carboxylic acids is 1.